The molecule has 5 atom stereocenters. The molecule has 0 radical (unpaired) electrons. The van der Waals surface area contributed by atoms with Crippen molar-refractivity contribution in [1.82, 2.24) is 35.9 Å². The molecule has 13 nitrogen and oxygen atoms in total. The third-order valence-corrected chi connectivity index (χ3v) is 9.77. The van der Waals surface area contributed by atoms with Crippen molar-refractivity contribution >= 4 is 23.9 Å². The lowest BCUT2D eigenvalue weighted by molar-refractivity contribution is -0.132. The van der Waals surface area contributed by atoms with E-state index in [2.05, 4.69) is 21.0 Å². The quantitative estimate of drug-likeness (QED) is 0.148. The lowest BCUT2D eigenvalue weighted by Gasteiger charge is -2.36. The van der Waals surface area contributed by atoms with Gasteiger partial charge in [-0.1, -0.05) is 108 Å². The average Bonchev–Trinajstić information content (AvgIpc) is 3.48. The lowest BCUT2D eigenvalue weighted by Crippen LogP contribution is -2.60. The van der Waals surface area contributed by atoms with Crippen molar-refractivity contribution in [3.63, 3.8) is 0 Å². The minimum atomic E-state index is -1.17. The summed E-state index contributed by atoms with van der Waals surface area (Å²) in [5.41, 5.74) is 5.66. The van der Waals surface area contributed by atoms with Crippen LogP contribution < -0.4 is 16.1 Å². The number of urea groups is 1. The first-order valence-corrected chi connectivity index (χ1v) is 18.6. The number of nitrogens with one attached hydrogen (secondary N) is 3. The van der Waals surface area contributed by atoms with E-state index in [0.29, 0.717) is 32.5 Å². The van der Waals surface area contributed by atoms with Crippen LogP contribution in [0.5, 0.6) is 0 Å². The maximum Gasteiger partial charge on any atom is 0.407 e. The normalized spacial score (nSPS) is 16.0. The van der Waals surface area contributed by atoms with E-state index in [1.54, 1.807) is 14.8 Å². The summed E-state index contributed by atoms with van der Waals surface area (Å²) in [6, 6.07) is 22.0. The van der Waals surface area contributed by atoms with Crippen molar-refractivity contribution in [2.75, 3.05) is 26.7 Å². The van der Waals surface area contributed by atoms with Gasteiger partial charge in [-0.2, -0.15) is 0 Å². The van der Waals surface area contributed by atoms with Crippen LogP contribution in [0.25, 0.3) is 0 Å². The molecule has 0 aliphatic carbocycles. The molecule has 0 saturated carbocycles. The van der Waals surface area contributed by atoms with Crippen molar-refractivity contribution in [3.05, 3.63) is 101 Å². The number of carbonyl (C=O) groups is 4. The topological polar surface area (TPSA) is 156 Å². The summed E-state index contributed by atoms with van der Waals surface area (Å²) in [6.07, 6.45) is -0.969. The minimum absolute atomic E-state index is 0.0680. The van der Waals surface area contributed by atoms with Crippen LogP contribution in [-0.4, -0.2) is 99.8 Å². The molecule has 292 valence electrons. The van der Waals surface area contributed by atoms with Crippen LogP contribution in [0.15, 0.2) is 78.9 Å². The molecule has 1 saturated heterocycles. The van der Waals surface area contributed by atoms with Crippen molar-refractivity contribution in [3.8, 4) is 0 Å². The molecule has 0 bridgehead atoms. The highest BCUT2D eigenvalue weighted by Gasteiger charge is 2.41. The van der Waals surface area contributed by atoms with Crippen molar-refractivity contribution in [2.45, 2.75) is 91.7 Å². The number of nitrogens with zero attached hydrogens (tertiary/aromatic N) is 4. The van der Waals surface area contributed by atoms with Gasteiger partial charge in [0.15, 0.2) is 0 Å². The lowest BCUT2D eigenvalue weighted by atomic mass is 9.86. The van der Waals surface area contributed by atoms with E-state index < -0.39 is 41.6 Å². The van der Waals surface area contributed by atoms with Crippen LogP contribution in [0.1, 0.15) is 63.6 Å². The maximum absolute atomic E-state index is 14.4. The first kappa shape index (κ1) is 41.7. The molecule has 0 spiro atoms. The Labute approximate surface area is 319 Å². The monoisotopic (exact) mass is 743 g/mol. The molecular formula is C41H57N7O6. The summed E-state index contributed by atoms with van der Waals surface area (Å²) < 4.78 is 4.79. The summed E-state index contributed by atoms with van der Waals surface area (Å²) >= 11 is 0. The molecule has 2 aromatic carbocycles. The molecule has 5 unspecified atom stereocenters. The number of alkyl carbamates (subject to hydrolysis) is 1. The molecule has 13 heteroatoms. The summed E-state index contributed by atoms with van der Waals surface area (Å²) in [4.78, 5) is 62.1. The predicted molar refractivity (Wildman–Crippen MR) is 207 cm³/mol. The fourth-order valence-electron chi connectivity index (χ4n) is 6.62. The number of aromatic nitrogens is 1. The Bertz CT molecular complexity index is 1690. The molecule has 3 aromatic rings. The number of ether oxygens (including phenoxy) is 1. The van der Waals surface area contributed by atoms with Gasteiger partial charge in [0.05, 0.1) is 31.5 Å². The number of carbonyl (C=O) groups excluding carboxylic acids is 4. The number of hydrogen-bond donors (Lipinski definition) is 4. The number of hydrogen-bond acceptors (Lipinski definition) is 8. The standard InChI is InChI=1S/C41H57N7O6/c1-8-28(2)35(48-23-22-46(40(48)53)26-32-21-15-16-29(3)42-32)37(50)43-33(24-30-17-11-9-12-18-30)34(49)27-47(25-31-19-13-10-14-20-31)45-38(51)36(41(4,5)6)44-39(52)54-7/h9-21,28,33-36,49H,8,22-27H2,1-7H3,(H,43,50)(H,44,52)(H,45,51). The zero-order valence-corrected chi connectivity index (χ0v) is 32.6. The Morgan fingerprint density at radius 1 is 0.926 bits per heavy atom. The Hall–Kier alpha value is -5.01. The second kappa shape index (κ2) is 19.4. The van der Waals surface area contributed by atoms with Gasteiger partial charge in [0, 0.05) is 31.9 Å². The molecule has 4 N–H and O–H groups in total. The van der Waals surface area contributed by atoms with E-state index in [4.69, 9.17) is 4.74 Å². The Morgan fingerprint density at radius 2 is 1.57 bits per heavy atom. The summed E-state index contributed by atoms with van der Waals surface area (Å²) in [5, 5.41) is 19.3. The molecule has 1 aromatic heterocycles. The van der Waals surface area contributed by atoms with Gasteiger partial charge < -0.3 is 30.3 Å². The average molecular weight is 744 g/mol. The number of hydrazine groups is 1. The Balaban J connectivity index is 1.59. The molecule has 1 aliphatic heterocycles. The highest BCUT2D eigenvalue weighted by molar-refractivity contribution is 5.88. The third-order valence-electron chi connectivity index (χ3n) is 9.77. The molecule has 54 heavy (non-hydrogen) atoms. The van der Waals surface area contributed by atoms with E-state index >= 15 is 0 Å². The van der Waals surface area contributed by atoms with E-state index in [9.17, 15) is 24.3 Å². The number of amides is 5. The summed E-state index contributed by atoms with van der Waals surface area (Å²) in [6.45, 7) is 12.7. The van der Waals surface area contributed by atoms with Gasteiger partial charge in [-0.15, -0.1) is 0 Å². The van der Waals surface area contributed by atoms with Gasteiger partial charge in [-0.05, 0) is 47.9 Å². The van der Waals surface area contributed by atoms with Gasteiger partial charge in [0.1, 0.15) is 12.1 Å². The first-order valence-electron chi connectivity index (χ1n) is 18.6. The van der Waals surface area contributed by atoms with Crippen LogP contribution in [0.3, 0.4) is 0 Å². The number of aliphatic hydroxyl groups excluding tert-OH is 1. The zero-order chi connectivity index (χ0) is 39.4. The molecule has 4 rings (SSSR count). The number of benzene rings is 2. The number of aliphatic hydroxyl groups is 1. The molecule has 1 fully saturated rings. The second-order valence-corrected chi connectivity index (χ2v) is 15.1. The van der Waals surface area contributed by atoms with Crippen molar-refractivity contribution in [2.24, 2.45) is 11.3 Å². The van der Waals surface area contributed by atoms with Gasteiger partial charge >= 0.3 is 12.1 Å². The first-order chi connectivity index (χ1) is 25.7. The van der Waals surface area contributed by atoms with Crippen LogP contribution >= 0.6 is 0 Å². The molecule has 2 heterocycles. The van der Waals surface area contributed by atoms with Crippen LogP contribution in [0, 0.1) is 18.3 Å². The van der Waals surface area contributed by atoms with Crippen molar-refractivity contribution in [1.29, 1.82) is 0 Å². The smallest absolute Gasteiger partial charge is 0.407 e. The number of pyridine rings is 1. The number of aryl methyl sites for hydroxylation is 1. The van der Waals surface area contributed by atoms with Crippen LogP contribution in [0.4, 0.5) is 9.59 Å². The maximum atomic E-state index is 14.4. The minimum Gasteiger partial charge on any atom is -0.453 e. The number of methoxy groups -OCH3 is 1. The fourth-order valence-corrected chi connectivity index (χ4v) is 6.62. The number of rotatable bonds is 17. The van der Waals surface area contributed by atoms with Crippen molar-refractivity contribution < 1.29 is 29.0 Å². The highest BCUT2D eigenvalue weighted by Crippen LogP contribution is 2.24. The van der Waals surface area contributed by atoms with E-state index in [-0.39, 0.29) is 30.9 Å². The van der Waals surface area contributed by atoms with Gasteiger partial charge in [0.2, 0.25) is 5.91 Å². The predicted octanol–water partition coefficient (Wildman–Crippen LogP) is 4.43. The molecular weight excluding hydrogens is 686 g/mol. The zero-order valence-electron chi connectivity index (χ0n) is 32.6. The van der Waals surface area contributed by atoms with E-state index in [1.165, 1.54) is 7.11 Å². The fraction of sp³-hybridized carbons (Fsp3) is 0.488. The third kappa shape index (κ3) is 11.7. The molecule has 5 amide bonds. The molecule has 1 aliphatic rings. The highest BCUT2D eigenvalue weighted by atomic mass is 16.5. The van der Waals surface area contributed by atoms with Crippen LogP contribution in [0.2, 0.25) is 0 Å². The van der Waals surface area contributed by atoms with Gasteiger partial charge in [-0.3, -0.25) is 20.0 Å². The summed E-state index contributed by atoms with van der Waals surface area (Å²) in [7, 11) is 1.23. The van der Waals surface area contributed by atoms with Gasteiger partial charge in [-0.25, -0.2) is 14.6 Å². The van der Waals surface area contributed by atoms with Gasteiger partial charge in [0.25, 0.3) is 5.91 Å². The Kier molecular flexibility index (Phi) is 15.0. The summed E-state index contributed by atoms with van der Waals surface area (Å²) in [5.74, 6) is -1.03. The van der Waals surface area contributed by atoms with Crippen LogP contribution in [-0.2, 0) is 33.8 Å². The van der Waals surface area contributed by atoms with E-state index in [0.717, 1.165) is 22.5 Å². The second-order valence-electron chi connectivity index (χ2n) is 15.1. The largest absolute Gasteiger partial charge is 0.453 e. The SMILES string of the molecule is CCC(C)C(C(=O)NC(Cc1ccccc1)C(O)CN(Cc1ccccc1)NC(=O)C(NC(=O)OC)C(C)(C)C)N1CCN(Cc2cccc(C)n2)C1=O. The Morgan fingerprint density at radius 3 is 2.17 bits per heavy atom. The van der Waals surface area contributed by atoms with E-state index in [1.807, 2.05) is 120 Å².